The Bertz CT molecular complexity index is 264. The van der Waals surface area contributed by atoms with Crippen molar-refractivity contribution >= 4 is 35.1 Å². The fourth-order valence-corrected chi connectivity index (χ4v) is 0.938. The van der Waals surface area contributed by atoms with Crippen molar-refractivity contribution < 1.29 is 26.2 Å². The van der Waals surface area contributed by atoms with Crippen molar-refractivity contribution in [2.45, 2.75) is 19.4 Å². The molecule has 2 aliphatic rings. The molecular weight excluding hydrogens is 408 g/mol. The summed E-state index contributed by atoms with van der Waals surface area (Å²) in [5.74, 6) is 0. The zero-order valence-corrected chi connectivity index (χ0v) is 18.8. The summed E-state index contributed by atoms with van der Waals surface area (Å²) < 4.78 is 0. The summed E-state index contributed by atoms with van der Waals surface area (Å²) in [7, 11) is 1.86. The van der Waals surface area contributed by atoms with Crippen molar-refractivity contribution in [1.82, 2.24) is 0 Å². The molecule has 0 aromatic rings. The van der Waals surface area contributed by atoms with E-state index in [0.29, 0.717) is 0 Å². The van der Waals surface area contributed by atoms with Gasteiger partial charge in [-0.25, -0.2) is 24.3 Å². The normalized spacial score (nSPS) is 10.8. The van der Waals surface area contributed by atoms with Gasteiger partial charge in [-0.15, -0.1) is 76.1 Å². The fraction of sp³-hybridized carbons (Fsp3) is 0.294. The van der Waals surface area contributed by atoms with Gasteiger partial charge in [0.15, 0.2) is 0 Å². The Kier molecular flexibility index (Phi) is 57.1. The van der Waals surface area contributed by atoms with Crippen LogP contribution in [0, 0.1) is 12.2 Å². The summed E-state index contributed by atoms with van der Waals surface area (Å²) in [4.78, 5) is 0. The maximum atomic E-state index is 3.97. The van der Waals surface area contributed by atoms with Crippen LogP contribution in [0.2, 0.25) is 6.55 Å². The molecule has 0 saturated heterocycles. The Hall–Kier alpha value is 0.0800. The molecule has 1 nitrogen and oxygen atoms in total. The van der Waals surface area contributed by atoms with Crippen LogP contribution in [-0.2, 0) is 26.2 Å². The van der Waals surface area contributed by atoms with Crippen molar-refractivity contribution in [2.75, 3.05) is 13.1 Å². The fourth-order valence-electron chi connectivity index (χ4n) is 0.938. The van der Waals surface area contributed by atoms with Crippen molar-refractivity contribution in [2.24, 2.45) is 0 Å². The monoisotopic (exact) mass is 433 g/mol. The van der Waals surface area contributed by atoms with Gasteiger partial charge in [-0.1, -0.05) is 6.55 Å². The number of hydrogen-bond acceptors (Lipinski definition) is 0. The maximum Gasteiger partial charge on any atom is 3.00 e. The van der Waals surface area contributed by atoms with Gasteiger partial charge in [0.1, 0.15) is 0 Å². The van der Waals surface area contributed by atoms with Crippen molar-refractivity contribution in [3.8, 4) is 0 Å². The molecule has 0 N–H and O–H groups in total. The number of allylic oxidation sites excluding steroid dienone is 8. The zero-order chi connectivity index (χ0) is 14.6. The topological polar surface area (TPSA) is 14.1 Å². The van der Waals surface area contributed by atoms with Gasteiger partial charge < -0.3 is 5.32 Å². The molecule has 0 amide bonds. The minimum Gasteiger partial charge on any atom is -0.656 e. The average Bonchev–Trinajstić information content (AvgIpc) is 3.20. The van der Waals surface area contributed by atoms with E-state index in [1.807, 2.05) is 41.1 Å². The second kappa shape index (κ2) is 37.4. The molecule has 0 unspecified atom stereocenters. The minimum atomic E-state index is 0. The van der Waals surface area contributed by atoms with Crippen LogP contribution in [0.4, 0.5) is 0 Å². The summed E-state index contributed by atoms with van der Waals surface area (Å²) in [5, 5.41) is 3.97. The van der Waals surface area contributed by atoms with Gasteiger partial charge in [-0.3, -0.25) is 12.2 Å². The standard InChI is InChI=1S/C6H10N.2C5H5.CH5Si.2ClH.Zr/c1-3-5-7-6-4-2;2*1-2-4-5-3-1;1-2;;;/h3-4H,1-2,5-6H2;2*1-3H,4H2;2H2,1H3;2*1H;/q3*-1;;;;+3. The Morgan fingerprint density at radius 1 is 0.955 bits per heavy atom. The SMILES string of the molecule is C=CC[N-]CC=C.C[SiH2].Cl.Cl.[C-]1=CC=CC1.[C-]1=CC=CC1.[Zr+3]. The number of nitrogens with zero attached hydrogens (tertiary/aromatic N) is 1. The number of rotatable bonds is 4. The van der Waals surface area contributed by atoms with Gasteiger partial charge in [0.25, 0.3) is 0 Å². The molecule has 122 valence electrons. The molecule has 0 bridgehead atoms. The molecule has 2 aliphatic carbocycles. The van der Waals surface area contributed by atoms with Crippen LogP contribution in [0.25, 0.3) is 5.32 Å². The third-order valence-electron chi connectivity index (χ3n) is 1.69. The molecule has 0 aliphatic heterocycles. The molecule has 22 heavy (non-hydrogen) atoms. The second-order valence-corrected chi connectivity index (χ2v) is 3.17. The molecule has 2 rings (SSSR count). The van der Waals surface area contributed by atoms with E-state index in [1.54, 1.807) is 12.2 Å². The molecule has 0 spiro atoms. The third-order valence-corrected chi connectivity index (χ3v) is 1.69. The molecule has 0 saturated carbocycles. The van der Waals surface area contributed by atoms with E-state index in [0.717, 1.165) is 25.9 Å². The van der Waals surface area contributed by atoms with Gasteiger partial charge >= 0.3 is 26.2 Å². The molecule has 5 heteroatoms. The van der Waals surface area contributed by atoms with Gasteiger partial charge in [0.2, 0.25) is 0 Å². The van der Waals surface area contributed by atoms with Gasteiger partial charge in [0.05, 0.1) is 0 Å². The molecular formula is C17H27Cl2NSiZr. The smallest absolute Gasteiger partial charge is 0.656 e. The van der Waals surface area contributed by atoms with E-state index in [-0.39, 0.29) is 51.0 Å². The Morgan fingerprint density at radius 3 is 1.45 bits per heavy atom. The Morgan fingerprint density at radius 2 is 1.32 bits per heavy atom. The first-order chi connectivity index (χ1) is 9.41. The molecule has 0 fully saturated rings. The van der Waals surface area contributed by atoms with Crippen LogP contribution in [-0.4, -0.2) is 23.3 Å². The van der Waals surface area contributed by atoms with Gasteiger partial charge in [-0.2, -0.15) is 12.2 Å². The number of halogens is 2. The summed E-state index contributed by atoms with van der Waals surface area (Å²) in [6.07, 6.45) is 23.5. The Balaban J connectivity index is -0.0000000588. The first-order valence-corrected chi connectivity index (χ1v) is 7.82. The van der Waals surface area contributed by atoms with Crippen molar-refractivity contribution in [3.05, 3.63) is 79.2 Å². The van der Waals surface area contributed by atoms with E-state index in [1.165, 1.54) is 0 Å². The zero-order valence-electron chi connectivity index (χ0n) is 13.3. The van der Waals surface area contributed by atoms with E-state index < -0.39 is 0 Å². The predicted octanol–water partition coefficient (Wildman–Crippen LogP) is 4.85. The first kappa shape index (κ1) is 33.6. The average molecular weight is 436 g/mol. The van der Waals surface area contributed by atoms with E-state index >= 15 is 0 Å². The summed E-state index contributed by atoms with van der Waals surface area (Å²) in [6, 6.07) is 0. The first-order valence-electron chi connectivity index (χ1n) is 6.41. The quantitative estimate of drug-likeness (QED) is 0.259. The van der Waals surface area contributed by atoms with Crippen molar-refractivity contribution in [1.29, 1.82) is 0 Å². The van der Waals surface area contributed by atoms with E-state index in [2.05, 4.69) is 42.8 Å². The number of hydrogen-bond donors (Lipinski definition) is 0. The van der Waals surface area contributed by atoms with Crippen LogP contribution in [0.3, 0.4) is 0 Å². The Labute approximate surface area is 172 Å². The summed E-state index contributed by atoms with van der Waals surface area (Å²) >= 11 is 0. The molecule has 0 aromatic carbocycles. The van der Waals surface area contributed by atoms with Crippen molar-refractivity contribution in [3.63, 3.8) is 0 Å². The molecule has 0 aromatic heterocycles. The van der Waals surface area contributed by atoms with Crippen LogP contribution >= 0.6 is 24.8 Å². The van der Waals surface area contributed by atoms with Crippen LogP contribution in [0.5, 0.6) is 0 Å². The molecule has 0 heterocycles. The van der Waals surface area contributed by atoms with Gasteiger partial charge in [-0.05, 0) is 0 Å². The third kappa shape index (κ3) is 36.9. The minimum absolute atomic E-state index is 0. The van der Waals surface area contributed by atoms with Crippen LogP contribution in [0.1, 0.15) is 12.8 Å². The maximum absolute atomic E-state index is 3.97. The summed E-state index contributed by atoms with van der Waals surface area (Å²) in [5.41, 5.74) is 0. The molecule has 0 atom stereocenters. The summed E-state index contributed by atoms with van der Waals surface area (Å²) in [6.45, 7) is 10.5. The van der Waals surface area contributed by atoms with E-state index in [9.17, 15) is 0 Å². The molecule has 2 radical (unpaired) electrons. The van der Waals surface area contributed by atoms with Crippen LogP contribution in [0.15, 0.2) is 61.8 Å². The van der Waals surface area contributed by atoms with Crippen LogP contribution < -0.4 is 0 Å². The van der Waals surface area contributed by atoms with E-state index in [4.69, 9.17) is 0 Å². The predicted molar refractivity (Wildman–Crippen MR) is 106 cm³/mol. The largest absolute Gasteiger partial charge is 3.00 e. The second-order valence-electron chi connectivity index (χ2n) is 3.17. The van der Waals surface area contributed by atoms with Gasteiger partial charge in [0, 0.05) is 10.2 Å².